The lowest BCUT2D eigenvalue weighted by molar-refractivity contribution is 0.0926. The van der Waals surface area contributed by atoms with Crippen molar-refractivity contribution >= 4 is 28.3 Å². The molecule has 1 aromatic heterocycles. The van der Waals surface area contributed by atoms with E-state index < -0.39 is 0 Å². The first-order chi connectivity index (χ1) is 9.09. The van der Waals surface area contributed by atoms with Gasteiger partial charge in [0.15, 0.2) is 5.13 Å². The van der Waals surface area contributed by atoms with E-state index in [-0.39, 0.29) is 17.9 Å². The maximum absolute atomic E-state index is 12.2. The lowest BCUT2D eigenvalue weighted by Crippen LogP contribution is -2.29. The summed E-state index contributed by atoms with van der Waals surface area (Å²) in [5.74, 6) is -0.655. The molecule has 96 valence electrons. The Labute approximate surface area is 113 Å². The number of imide groups is 1. The second-order valence-electron chi connectivity index (χ2n) is 4.33. The highest BCUT2D eigenvalue weighted by atomic mass is 32.1. The average molecular weight is 273 g/mol. The summed E-state index contributed by atoms with van der Waals surface area (Å²) in [6.45, 7) is 1.81. The number of carbonyl (C=O) groups is 2. The van der Waals surface area contributed by atoms with Gasteiger partial charge in [0.1, 0.15) is 0 Å². The number of fused-ring (bicyclic) bond motifs is 1. The van der Waals surface area contributed by atoms with Gasteiger partial charge in [0, 0.05) is 11.4 Å². The molecular formula is C13H11N3O2S. The summed E-state index contributed by atoms with van der Waals surface area (Å²) in [6.07, 6.45) is 0. The van der Waals surface area contributed by atoms with Crippen LogP contribution in [0.1, 0.15) is 39.4 Å². The van der Waals surface area contributed by atoms with E-state index in [1.807, 2.05) is 0 Å². The summed E-state index contributed by atoms with van der Waals surface area (Å²) in [4.78, 5) is 29.8. The molecule has 0 saturated heterocycles. The maximum Gasteiger partial charge on any atom is 0.268 e. The van der Waals surface area contributed by atoms with E-state index in [0.29, 0.717) is 22.0 Å². The van der Waals surface area contributed by atoms with Crippen LogP contribution in [0.25, 0.3) is 0 Å². The van der Waals surface area contributed by atoms with Gasteiger partial charge in [0.05, 0.1) is 16.8 Å². The normalized spacial score (nSPS) is 15.8. The number of carbonyl (C=O) groups excluding carboxylic acids is 2. The van der Waals surface area contributed by atoms with Crippen molar-refractivity contribution in [2.75, 3.05) is 4.90 Å². The lowest BCUT2D eigenvalue weighted by atomic mass is 10.1. The zero-order chi connectivity index (χ0) is 13.6. The van der Waals surface area contributed by atoms with Crippen molar-refractivity contribution in [3.63, 3.8) is 0 Å². The molecular weight excluding hydrogens is 262 g/mol. The van der Waals surface area contributed by atoms with Crippen LogP contribution in [0.2, 0.25) is 0 Å². The fourth-order valence-electron chi connectivity index (χ4n) is 1.95. The van der Waals surface area contributed by atoms with Gasteiger partial charge in [-0.3, -0.25) is 9.59 Å². The third-order valence-electron chi connectivity index (χ3n) is 2.96. The first-order valence-corrected chi connectivity index (χ1v) is 6.66. The number of thiazole rings is 1. The fraction of sp³-hybridized carbons (Fsp3) is 0.154. The standard InChI is InChI=1S/C13H11N3O2S/c1-7(14)10-6-19-13(15-10)16-11(17)8-4-2-3-5-9(8)12(16)18/h2-7H,14H2,1H3. The van der Waals surface area contributed by atoms with E-state index in [0.717, 1.165) is 4.90 Å². The Morgan fingerprint density at radius 1 is 1.21 bits per heavy atom. The Kier molecular flexibility index (Phi) is 2.69. The minimum atomic E-state index is -0.328. The van der Waals surface area contributed by atoms with Crippen LogP contribution in [0.15, 0.2) is 29.6 Å². The number of rotatable bonds is 2. The summed E-state index contributed by atoms with van der Waals surface area (Å²) < 4.78 is 0. The van der Waals surface area contributed by atoms with Gasteiger partial charge in [0.25, 0.3) is 11.8 Å². The van der Waals surface area contributed by atoms with E-state index >= 15 is 0 Å². The molecule has 2 amide bonds. The molecule has 2 heterocycles. The SMILES string of the molecule is CC(N)c1csc(N2C(=O)c3ccccc3C2=O)n1. The molecule has 5 nitrogen and oxygen atoms in total. The maximum atomic E-state index is 12.2. The number of anilines is 1. The van der Waals surface area contributed by atoms with Crippen molar-refractivity contribution in [2.24, 2.45) is 5.73 Å². The Hall–Kier alpha value is -2.05. The topological polar surface area (TPSA) is 76.3 Å². The molecule has 0 fully saturated rings. The largest absolute Gasteiger partial charge is 0.323 e. The predicted octanol–water partition coefficient (Wildman–Crippen LogP) is 1.96. The van der Waals surface area contributed by atoms with Gasteiger partial charge < -0.3 is 5.73 Å². The molecule has 0 saturated carbocycles. The zero-order valence-electron chi connectivity index (χ0n) is 10.2. The molecule has 0 spiro atoms. The van der Waals surface area contributed by atoms with Gasteiger partial charge in [-0.15, -0.1) is 11.3 Å². The third kappa shape index (κ3) is 1.76. The minimum absolute atomic E-state index is 0.222. The van der Waals surface area contributed by atoms with Crippen LogP contribution in [-0.2, 0) is 0 Å². The number of amides is 2. The Morgan fingerprint density at radius 3 is 2.26 bits per heavy atom. The molecule has 1 aliphatic rings. The average Bonchev–Trinajstić information content (AvgIpc) is 2.96. The molecule has 6 heteroatoms. The van der Waals surface area contributed by atoms with Gasteiger partial charge in [-0.1, -0.05) is 12.1 Å². The third-order valence-corrected chi connectivity index (χ3v) is 3.81. The van der Waals surface area contributed by atoms with Gasteiger partial charge in [0.2, 0.25) is 0 Å². The molecule has 19 heavy (non-hydrogen) atoms. The Morgan fingerprint density at radius 2 is 1.79 bits per heavy atom. The molecule has 3 rings (SSSR count). The van der Waals surface area contributed by atoms with Crippen molar-refractivity contribution < 1.29 is 9.59 Å². The predicted molar refractivity (Wildman–Crippen MR) is 72.3 cm³/mol. The van der Waals surface area contributed by atoms with Gasteiger partial charge >= 0.3 is 0 Å². The second kappa shape index (κ2) is 4.25. The summed E-state index contributed by atoms with van der Waals surface area (Å²) >= 11 is 1.25. The van der Waals surface area contributed by atoms with Crippen LogP contribution in [0, 0.1) is 0 Å². The second-order valence-corrected chi connectivity index (χ2v) is 5.17. The zero-order valence-corrected chi connectivity index (χ0v) is 11.0. The van der Waals surface area contributed by atoms with Crippen LogP contribution >= 0.6 is 11.3 Å². The highest BCUT2D eigenvalue weighted by Gasteiger charge is 2.37. The number of benzene rings is 1. The number of hydrogen-bond acceptors (Lipinski definition) is 5. The van der Waals surface area contributed by atoms with Gasteiger partial charge in [-0.2, -0.15) is 0 Å². The Balaban J connectivity index is 2.04. The molecule has 0 aliphatic carbocycles. The summed E-state index contributed by atoms with van der Waals surface area (Å²) in [5.41, 5.74) is 7.26. The van der Waals surface area contributed by atoms with E-state index in [2.05, 4.69) is 4.98 Å². The van der Waals surface area contributed by atoms with Crippen molar-refractivity contribution in [2.45, 2.75) is 13.0 Å². The number of aromatic nitrogens is 1. The fourth-order valence-corrected chi connectivity index (χ4v) is 2.87. The van der Waals surface area contributed by atoms with Crippen LogP contribution < -0.4 is 10.6 Å². The van der Waals surface area contributed by atoms with Gasteiger partial charge in [-0.25, -0.2) is 9.88 Å². The molecule has 1 aromatic carbocycles. The number of nitrogens with two attached hydrogens (primary N) is 1. The van der Waals surface area contributed by atoms with Crippen LogP contribution in [0.5, 0.6) is 0 Å². The monoisotopic (exact) mass is 273 g/mol. The van der Waals surface area contributed by atoms with Crippen molar-refractivity contribution in [3.05, 3.63) is 46.5 Å². The molecule has 1 atom stereocenters. The first kappa shape index (κ1) is 12.0. The summed E-state index contributed by atoms with van der Waals surface area (Å²) in [5, 5.41) is 2.14. The van der Waals surface area contributed by atoms with Gasteiger partial charge in [-0.05, 0) is 19.1 Å². The Bertz CT molecular complexity index is 643. The number of hydrogen-bond donors (Lipinski definition) is 1. The highest BCUT2D eigenvalue weighted by Crippen LogP contribution is 2.31. The van der Waals surface area contributed by atoms with Crippen molar-refractivity contribution in [1.29, 1.82) is 0 Å². The highest BCUT2D eigenvalue weighted by molar-refractivity contribution is 7.14. The summed E-state index contributed by atoms with van der Waals surface area (Å²) in [7, 11) is 0. The first-order valence-electron chi connectivity index (χ1n) is 5.78. The molecule has 1 aliphatic heterocycles. The molecule has 2 aromatic rings. The van der Waals surface area contributed by atoms with Crippen LogP contribution in [0.4, 0.5) is 5.13 Å². The van der Waals surface area contributed by atoms with E-state index in [4.69, 9.17) is 5.73 Å². The van der Waals surface area contributed by atoms with E-state index in [1.54, 1.807) is 36.6 Å². The number of nitrogens with zero attached hydrogens (tertiary/aromatic N) is 2. The summed E-state index contributed by atoms with van der Waals surface area (Å²) in [6, 6.07) is 6.55. The van der Waals surface area contributed by atoms with Crippen LogP contribution in [0.3, 0.4) is 0 Å². The van der Waals surface area contributed by atoms with E-state index in [9.17, 15) is 9.59 Å². The molecule has 1 unspecified atom stereocenters. The smallest absolute Gasteiger partial charge is 0.268 e. The minimum Gasteiger partial charge on any atom is -0.323 e. The molecule has 0 radical (unpaired) electrons. The van der Waals surface area contributed by atoms with Crippen LogP contribution in [-0.4, -0.2) is 16.8 Å². The molecule has 2 N–H and O–H groups in total. The van der Waals surface area contributed by atoms with Crippen molar-refractivity contribution in [1.82, 2.24) is 4.98 Å². The van der Waals surface area contributed by atoms with E-state index in [1.165, 1.54) is 11.3 Å². The lowest BCUT2D eigenvalue weighted by Gasteiger charge is -2.09. The molecule has 0 bridgehead atoms. The van der Waals surface area contributed by atoms with Crippen molar-refractivity contribution in [3.8, 4) is 0 Å². The quantitative estimate of drug-likeness (QED) is 0.849.